The van der Waals surface area contributed by atoms with Crippen molar-refractivity contribution in [3.63, 3.8) is 0 Å². The van der Waals surface area contributed by atoms with Gasteiger partial charge < -0.3 is 9.67 Å². The van der Waals surface area contributed by atoms with E-state index < -0.39 is 8.07 Å². The molecule has 38 heavy (non-hydrogen) atoms. The number of aryl methyl sites for hydroxylation is 2. The zero-order valence-corrected chi connectivity index (χ0v) is 24.6. The highest BCUT2D eigenvalue weighted by atomic mass is 28.3. The lowest BCUT2D eigenvalue weighted by Gasteiger charge is -2.22. The monoisotopic (exact) mass is 520 g/mol. The number of nitrogens with zero attached hydrogens (tertiary/aromatic N) is 4. The van der Waals surface area contributed by atoms with Crippen molar-refractivity contribution in [3.05, 3.63) is 78.2 Å². The van der Waals surface area contributed by atoms with E-state index in [0.29, 0.717) is 11.4 Å². The molecular formula is C32H36N4OSi. The molecule has 0 saturated heterocycles. The van der Waals surface area contributed by atoms with Gasteiger partial charge in [-0.05, 0) is 59.0 Å². The van der Waals surface area contributed by atoms with E-state index in [2.05, 4.69) is 75.7 Å². The summed E-state index contributed by atoms with van der Waals surface area (Å²) in [6, 6.07) is 16.7. The lowest BCUT2D eigenvalue weighted by Crippen LogP contribution is -2.37. The van der Waals surface area contributed by atoms with Gasteiger partial charge in [-0.15, -0.1) is 0 Å². The Morgan fingerprint density at radius 3 is 2.24 bits per heavy atom. The predicted octanol–water partition coefficient (Wildman–Crippen LogP) is 7.22. The van der Waals surface area contributed by atoms with Crippen LogP contribution in [0, 0.1) is 6.92 Å². The minimum Gasteiger partial charge on any atom is -0.507 e. The number of aromatic nitrogens is 4. The topological polar surface area (TPSA) is 63.8 Å². The van der Waals surface area contributed by atoms with Gasteiger partial charge in [0.05, 0.1) is 31.0 Å². The fourth-order valence-corrected chi connectivity index (χ4v) is 5.79. The largest absolute Gasteiger partial charge is 0.507 e. The summed E-state index contributed by atoms with van der Waals surface area (Å²) in [4.78, 5) is 14.5. The molecule has 5 nitrogen and oxygen atoms in total. The van der Waals surface area contributed by atoms with Gasteiger partial charge in [-0.1, -0.05) is 64.2 Å². The molecule has 0 aliphatic heterocycles. The lowest BCUT2D eigenvalue weighted by molar-refractivity contribution is 0.476. The molecule has 5 rings (SSSR count). The average Bonchev–Trinajstić information content (AvgIpc) is 3.20. The first-order chi connectivity index (χ1) is 17.8. The average molecular weight is 521 g/mol. The van der Waals surface area contributed by atoms with Gasteiger partial charge >= 0.3 is 0 Å². The summed E-state index contributed by atoms with van der Waals surface area (Å²) >= 11 is 0. The number of aromatic hydroxyl groups is 1. The van der Waals surface area contributed by atoms with Crippen LogP contribution >= 0.6 is 0 Å². The Labute approximate surface area is 226 Å². The first-order valence-electron chi connectivity index (χ1n) is 13.1. The third-order valence-electron chi connectivity index (χ3n) is 7.22. The normalized spacial score (nSPS) is 12.3. The summed E-state index contributed by atoms with van der Waals surface area (Å²) in [6.45, 7) is 15.7. The Morgan fingerprint density at radius 2 is 1.58 bits per heavy atom. The van der Waals surface area contributed by atoms with Crippen LogP contribution in [-0.4, -0.2) is 32.7 Å². The molecule has 0 spiro atoms. The third kappa shape index (κ3) is 4.76. The van der Waals surface area contributed by atoms with E-state index in [-0.39, 0.29) is 11.2 Å². The second-order valence-corrected chi connectivity index (χ2v) is 17.4. The number of phenolic OH excluding ortho intramolecular Hbond substituents is 1. The third-order valence-corrected chi connectivity index (χ3v) is 9.25. The molecule has 0 aliphatic carbocycles. The Bertz CT molecular complexity index is 1650. The first kappa shape index (κ1) is 25.9. The summed E-state index contributed by atoms with van der Waals surface area (Å²) in [5.74, 6) is 0.930. The second-order valence-electron chi connectivity index (χ2n) is 12.3. The van der Waals surface area contributed by atoms with Crippen molar-refractivity contribution in [1.29, 1.82) is 0 Å². The molecule has 0 atom stereocenters. The lowest BCUT2D eigenvalue weighted by atomic mass is 9.84. The molecule has 0 bridgehead atoms. The van der Waals surface area contributed by atoms with Gasteiger partial charge in [-0.25, -0.2) is 4.98 Å². The van der Waals surface area contributed by atoms with Gasteiger partial charge in [0.2, 0.25) is 0 Å². The highest BCUT2D eigenvalue weighted by Gasteiger charge is 2.21. The van der Waals surface area contributed by atoms with Gasteiger partial charge in [0.15, 0.2) is 0 Å². The number of benzene rings is 2. The summed E-state index contributed by atoms with van der Waals surface area (Å²) in [6.07, 6.45) is 5.78. The molecule has 6 heteroatoms. The standard InChI is InChI=1S/C32H36N4OSi/c1-20-9-12-29(37)25(13-20)31-35-30-26(18-33-19-28(30)36(31)5)21-14-22(16-23(15-21)32(2,3)4)27-11-10-24(17-34-27)38(6,7)8/h9-19,37H,1-8H3. The van der Waals surface area contributed by atoms with Crippen LogP contribution in [0.2, 0.25) is 19.6 Å². The van der Waals surface area contributed by atoms with Crippen molar-refractivity contribution in [2.45, 2.75) is 52.8 Å². The minimum absolute atomic E-state index is 0.0486. The van der Waals surface area contributed by atoms with E-state index >= 15 is 0 Å². The molecule has 0 radical (unpaired) electrons. The SMILES string of the molecule is Cc1ccc(O)c(-c2nc3c(-c4cc(-c5ccc([Si](C)(C)C)cn5)cc(C(C)(C)C)c4)cncc3n2C)c1. The first-order valence-corrected chi connectivity index (χ1v) is 16.6. The second kappa shape index (κ2) is 9.21. The van der Waals surface area contributed by atoms with E-state index in [0.717, 1.165) is 39.0 Å². The highest BCUT2D eigenvalue weighted by molar-refractivity contribution is 6.88. The zero-order valence-electron chi connectivity index (χ0n) is 23.6. The van der Waals surface area contributed by atoms with Crippen LogP contribution < -0.4 is 5.19 Å². The van der Waals surface area contributed by atoms with Crippen LogP contribution in [0.4, 0.5) is 0 Å². The van der Waals surface area contributed by atoms with Gasteiger partial charge in [0, 0.05) is 30.6 Å². The number of phenols is 1. The van der Waals surface area contributed by atoms with E-state index in [4.69, 9.17) is 9.97 Å². The molecule has 194 valence electrons. The molecule has 2 aromatic carbocycles. The minimum atomic E-state index is -1.43. The van der Waals surface area contributed by atoms with Gasteiger partial charge in [-0.2, -0.15) is 0 Å². The molecule has 0 saturated carbocycles. The summed E-state index contributed by atoms with van der Waals surface area (Å²) in [5.41, 5.74) is 8.80. The number of hydrogen-bond acceptors (Lipinski definition) is 4. The highest BCUT2D eigenvalue weighted by Crippen LogP contribution is 2.37. The van der Waals surface area contributed by atoms with Crippen molar-refractivity contribution in [3.8, 4) is 39.5 Å². The smallest absolute Gasteiger partial charge is 0.144 e. The van der Waals surface area contributed by atoms with Crippen LogP contribution in [0.5, 0.6) is 5.75 Å². The molecular weight excluding hydrogens is 484 g/mol. The molecule has 0 fully saturated rings. The number of fused-ring (bicyclic) bond motifs is 1. The van der Waals surface area contributed by atoms with Crippen LogP contribution in [0.25, 0.3) is 44.8 Å². The molecule has 3 aromatic heterocycles. The van der Waals surface area contributed by atoms with E-state index in [1.54, 1.807) is 6.07 Å². The van der Waals surface area contributed by atoms with Gasteiger partial charge in [-0.3, -0.25) is 9.97 Å². The van der Waals surface area contributed by atoms with Crippen LogP contribution in [-0.2, 0) is 12.5 Å². The van der Waals surface area contributed by atoms with Crippen molar-refractivity contribution >= 4 is 24.3 Å². The molecule has 1 N–H and O–H groups in total. The Kier molecular flexibility index (Phi) is 6.26. The van der Waals surface area contributed by atoms with Crippen LogP contribution in [0.1, 0.15) is 31.9 Å². The van der Waals surface area contributed by atoms with E-state index in [1.165, 1.54) is 10.8 Å². The van der Waals surface area contributed by atoms with Crippen molar-refractivity contribution in [2.75, 3.05) is 0 Å². The molecule has 0 unspecified atom stereocenters. The summed E-state index contributed by atoms with van der Waals surface area (Å²) in [7, 11) is 0.541. The van der Waals surface area contributed by atoms with Gasteiger partial charge in [0.25, 0.3) is 0 Å². The maximum Gasteiger partial charge on any atom is 0.144 e. The van der Waals surface area contributed by atoms with E-state index in [9.17, 15) is 5.11 Å². The Hall–Kier alpha value is -3.77. The number of hydrogen-bond donors (Lipinski definition) is 1. The van der Waals surface area contributed by atoms with Gasteiger partial charge in [0.1, 0.15) is 17.1 Å². The molecule has 0 amide bonds. The van der Waals surface area contributed by atoms with Crippen LogP contribution in [0.15, 0.2) is 67.1 Å². The Morgan fingerprint density at radius 1 is 0.842 bits per heavy atom. The summed E-state index contributed by atoms with van der Waals surface area (Å²) < 4.78 is 2.01. The summed E-state index contributed by atoms with van der Waals surface area (Å²) in [5, 5.41) is 12.0. The van der Waals surface area contributed by atoms with Crippen LogP contribution in [0.3, 0.4) is 0 Å². The molecule has 0 aliphatic rings. The quantitative estimate of drug-likeness (QED) is 0.254. The fraction of sp³-hybridized carbons (Fsp3) is 0.281. The van der Waals surface area contributed by atoms with Crippen molar-refractivity contribution < 1.29 is 5.11 Å². The number of rotatable bonds is 4. The van der Waals surface area contributed by atoms with E-state index in [1.807, 2.05) is 49.3 Å². The fourth-order valence-electron chi connectivity index (χ4n) is 4.75. The Balaban J connectivity index is 1.71. The maximum absolute atomic E-state index is 10.6. The zero-order chi connectivity index (χ0) is 27.4. The molecule has 5 aromatic rings. The number of pyridine rings is 2. The predicted molar refractivity (Wildman–Crippen MR) is 161 cm³/mol. The van der Waals surface area contributed by atoms with Crippen molar-refractivity contribution in [1.82, 2.24) is 19.5 Å². The maximum atomic E-state index is 10.6. The van der Waals surface area contributed by atoms with Crippen molar-refractivity contribution in [2.24, 2.45) is 7.05 Å². The molecule has 3 heterocycles. The number of imidazole rings is 1.